The molecule has 4 rings (SSSR count). The van der Waals surface area contributed by atoms with Gasteiger partial charge in [0.2, 0.25) is 5.91 Å². The van der Waals surface area contributed by atoms with Crippen LogP contribution < -0.4 is 4.90 Å². The Morgan fingerprint density at radius 2 is 1.73 bits per heavy atom. The molecule has 0 aliphatic carbocycles. The first-order valence-corrected chi connectivity index (χ1v) is 10.1. The van der Waals surface area contributed by atoms with Crippen LogP contribution in [-0.4, -0.2) is 16.7 Å². The Morgan fingerprint density at radius 3 is 2.50 bits per heavy atom. The summed E-state index contributed by atoms with van der Waals surface area (Å²) >= 11 is 1.20. The molecule has 0 spiro atoms. The van der Waals surface area contributed by atoms with E-state index in [4.69, 9.17) is 0 Å². The number of hydrogen-bond acceptors (Lipinski definition) is 4. The first kappa shape index (κ1) is 19.7. The number of carbonyl (C=O) groups excluding carboxylic acids is 2. The molecule has 4 aromatic rings. The third-order valence-corrected chi connectivity index (χ3v) is 5.39. The van der Waals surface area contributed by atoms with Crippen molar-refractivity contribution in [2.24, 2.45) is 0 Å². The highest BCUT2D eigenvalue weighted by Crippen LogP contribution is 2.31. The SMILES string of the molecule is CC(=O)N(c1nc(/C=C/C(=O)c2ccc3ccccc3c2)cs1)c1ccccc1F. The van der Waals surface area contributed by atoms with Crippen LogP contribution in [0.4, 0.5) is 15.2 Å². The number of nitrogens with zero attached hydrogens (tertiary/aromatic N) is 2. The van der Waals surface area contributed by atoms with Gasteiger partial charge >= 0.3 is 0 Å². The average molecular weight is 416 g/mol. The summed E-state index contributed by atoms with van der Waals surface area (Å²) in [6, 6.07) is 19.4. The Bertz CT molecular complexity index is 1280. The summed E-state index contributed by atoms with van der Waals surface area (Å²) in [6.07, 6.45) is 3.04. The van der Waals surface area contributed by atoms with Crippen molar-refractivity contribution in [3.8, 4) is 0 Å². The van der Waals surface area contributed by atoms with Crippen LogP contribution in [0.1, 0.15) is 23.0 Å². The number of benzene rings is 3. The Balaban J connectivity index is 1.57. The Hall–Kier alpha value is -3.64. The molecule has 1 heterocycles. The minimum Gasteiger partial charge on any atom is -0.289 e. The topological polar surface area (TPSA) is 50.3 Å². The maximum Gasteiger partial charge on any atom is 0.230 e. The van der Waals surface area contributed by atoms with Crippen LogP contribution in [-0.2, 0) is 4.79 Å². The van der Waals surface area contributed by atoms with Crippen molar-refractivity contribution in [3.63, 3.8) is 0 Å². The minimum absolute atomic E-state index is 0.141. The lowest BCUT2D eigenvalue weighted by atomic mass is 10.0. The Kier molecular flexibility index (Phi) is 5.50. The van der Waals surface area contributed by atoms with Crippen molar-refractivity contribution in [1.82, 2.24) is 4.98 Å². The quantitative estimate of drug-likeness (QED) is 0.295. The van der Waals surface area contributed by atoms with Gasteiger partial charge in [0.25, 0.3) is 0 Å². The molecule has 148 valence electrons. The first-order chi connectivity index (χ1) is 14.5. The van der Waals surface area contributed by atoms with Gasteiger partial charge in [0.1, 0.15) is 5.82 Å². The molecule has 0 aliphatic rings. The van der Waals surface area contributed by atoms with E-state index in [1.165, 1.54) is 41.4 Å². The number of halogens is 1. The summed E-state index contributed by atoms with van der Waals surface area (Å²) in [7, 11) is 0. The van der Waals surface area contributed by atoms with Crippen LogP contribution in [0.5, 0.6) is 0 Å². The highest BCUT2D eigenvalue weighted by atomic mass is 32.1. The second-order valence-electron chi connectivity index (χ2n) is 6.62. The number of rotatable bonds is 5. The molecular weight excluding hydrogens is 399 g/mol. The number of hydrogen-bond donors (Lipinski definition) is 0. The molecule has 0 bridgehead atoms. The predicted octanol–water partition coefficient (Wildman–Crippen LogP) is 6.02. The number of allylic oxidation sites excluding steroid dienone is 1. The van der Waals surface area contributed by atoms with E-state index in [1.807, 2.05) is 36.4 Å². The zero-order valence-corrected chi connectivity index (χ0v) is 16.9. The molecule has 0 fully saturated rings. The van der Waals surface area contributed by atoms with Gasteiger partial charge in [-0.15, -0.1) is 11.3 Å². The van der Waals surface area contributed by atoms with Gasteiger partial charge in [-0.1, -0.05) is 48.5 Å². The maximum absolute atomic E-state index is 14.2. The summed E-state index contributed by atoms with van der Waals surface area (Å²) in [5.74, 6) is -1.00. The number of fused-ring (bicyclic) bond motifs is 1. The monoisotopic (exact) mass is 416 g/mol. The molecule has 1 amide bonds. The molecule has 1 aromatic heterocycles. The summed E-state index contributed by atoms with van der Waals surface area (Å²) in [6.45, 7) is 1.35. The van der Waals surface area contributed by atoms with Gasteiger partial charge in [-0.3, -0.25) is 14.5 Å². The van der Waals surface area contributed by atoms with Gasteiger partial charge < -0.3 is 0 Å². The highest BCUT2D eigenvalue weighted by Gasteiger charge is 2.20. The molecule has 30 heavy (non-hydrogen) atoms. The van der Waals surface area contributed by atoms with Crippen LogP contribution in [0.2, 0.25) is 0 Å². The molecule has 0 saturated heterocycles. The fourth-order valence-electron chi connectivity index (χ4n) is 3.10. The van der Waals surface area contributed by atoms with E-state index < -0.39 is 5.82 Å². The second-order valence-corrected chi connectivity index (χ2v) is 7.46. The summed E-state index contributed by atoms with van der Waals surface area (Å²) in [5, 5.41) is 4.12. The molecule has 0 radical (unpaired) electrons. The number of aromatic nitrogens is 1. The largest absolute Gasteiger partial charge is 0.289 e. The van der Waals surface area contributed by atoms with Crippen LogP contribution in [0.3, 0.4) is 0 Å². The van der Waals surface area contributed by atoms with E-state index in [2.05, 4.69) is 4.98 Å². The van der Waals surface area contributed by atoms with Crippen molar-refractivity contribution < 1.29 is 14.0 Å². The number of amides is 1. The fourth-order valence-corrected chi connectivity index (χ4v) is 3.94. The summed E-state index contributed by atoms with van der Waals surface area (Å²) < 4.78 is 14.2. The normalized spacial score (nSPS) is 11.1. The number of anilines is 2. The molecule has 6 heteroatoms. The van der Waals surface area contributed by atoms with Gasteiger partial charge in [-0.2, -0.15) is 0 Å². The predicted molar refractivity (Wildman–Crippen MR) is 119 cm³/mol. The lowest BCUT2D eigenvalue weighted by Crippen LogP contribution is -2.23. The Morgan fingerprint density at radius 1 is 1.00 bits per heavy atom. The van der Waals surface area contributed by atoms with E-state index in [-0.39, 0.29) is 17.4 Å². The molecule has 0 aliphatic heterocycles. The van der Waals surface area contributed by atoms with Gasteiger partial charge in [-0.25, -0.2) is 9.37 Å². The molecule has 0 unspecified atom stereocenters. The highest BCUT2D eigenvalue weighted by molar-refractivity contribution is 7.14. The maximum atomic E-state index is 14.2. The van der Waals surface area contributed by atoms with Crippen LogP contribution in [0.25, 0.3) is 16.8 Å². The zero-order valence-electron chi connectivity index (χ0n) is 16.1. The first-order valence-electron chi connectivity index (χ1n) is 9.25. The van der Waals surface area contributed by atoms with Crippen molar-refractivity contribution in [2.45, 2.75) is 6.92 Å². The molecule has 4 nitrogen and oxygen atoms in total. The van der Waals surface area contributed by atoms with E-state index in [0.29, 0.717) is 16.4 Å². The van der Waals surface area contributed by atoms with Crippen LogP contribution >= 0.6 is 11.3 Å². The fraction of sp³-hybridized carbons (Fsp3) is 0.0417. The van der Waals surface area contributed by atoms with Crippen molar-refractivity contribution in [3.05, 3.63) is 95.3 Å². The smallest absolute Gasteiger partial charge is 0.230 e. The molecule has 0 N–H and O–H groups in total. The number of para-hydroxylation sites is 1. The zero-order chi connectivity index (χ0) is 21.1. The van der Waals surface area contributed by atoms with Crippen LogP contribution in [0, 0.1) is 5.82 Å². The van der Waals surface area contributed by atoms with Gasteiger partial charge in [0, 0.05) is 17.9 Å². The van der Waals surface area contributed by atoms with E-state index >= 15 is 0 Å². The van der Waals surface area contributed by atoms with Gasteiger partial charge in [-0.05, 0) is 41.1 Å². The lowest BCUT2D eigenvalue weighted by Gasteiger charge is -2.18. The Labute approximate surface area is 176 Å². The molecule has 0 atom stereocenters. The van der Waals surface area contributed by atoms with Crippen molar-refractivity contribution in [1.29, 1.82) is 0 Å². The van der Waals surface area contributed by atoms with E-state index in [9.17, 15) is 14.0 Å². The van der Waals surface area contributed by atoms with Crippen LogP contribution in [0.15, 0.2) is 78.2 Å². The minimum atomic E-state index is -0.508. The number of carbonyl (C=O) groups is 2. The summed E-state index contributed by atoms with van der Waals surface area (Å²) in [5.41, 5.74) is 1.24. The van der Waals surface area contributed by atoms with Crippen molar-refractivity contribution in [2.75, 3.05) is 4.90 Å². The molecule has 0 saturated carbocycles. The van der Waals surface area contributed by atoms with Crippen molar-refractivity contribution >= 4 is 50.7 Å². The second kappa shape index (κ2) is 8.39. The lowest BCUT2D eigenvalue weighted by molar-refractivity contribution is -0.115. The third-order valence-electron chi connectivity index (χ3n) is 4.55. The third kappa shape index (κ3) is 4.04. The molecular formula is C24H17FN2O2S. The summed E-state index contributed by atoms with van der Waals surface area (Å²) in [4.78, 5) is 30.3. The van der Waals surface area contributed by atoms with Gasteiger partial charge in [0.05, 0.1) is 11.4 Å². The van der Waals surface area contributed by atoms with E-state index in [1.54, 1.807) is 29.7 Å². The number of ketones is 1. The number of thiazole rings is 1. The molecule has 3 aromatic carbocycles. The van der Waals surface area contributed by atoms with E-state index in [0.717, 1.165) is 10.8 Å². The average Bonchev–Trinajstić information content (AvgIpc) is 3.21. The van der Waals surface area contributed by atoms with Gasteiger partial charge in [0.15, 0.2) is 10.9 Å². The standard InChI is InChI=1S/C24H17FN2O2S/c1-16(28)27(22-9-5-4-8-21(22)25)24-26-20(15-30-24)12-13-23(29)19-11-10-17-6-2-3-7-18(17)14-19/h2-15H,1H3/b13-12+.